The van der Waals surface area contributed by atoms with Crippen LogP contribution in [-0.2, 0) is 0 Å². The van der Waals surface area contributed by atoms with Crippen molar-refractivity contribution in [1.82, 2.24) is 5.32 Å². The van der Waals surface area contributed by atoms with Gasteiger partial charge in [0.05, 0.1) is 6.10 Å². The fraction of sp³-hybridized carbons (Fsp3) is 0.538. The van der Waals surface area contributed by atoms with Crippen LogP contribution >= 0.6 is 0 Å². The maximum atomic E-state index is 9.92. The second-order valence-corrected chi connectivity index (χ2v) is 4.27. The summed E-state index contributed by atoms with van der Waals surface area (Å²) in [5, 5.41) is 13.1. The third kappa shape index (κ3) is 2.80. The predicted octanol–water partition coefficient (Wildman–Crippen LogP) is 2.21. The molecule has 0 aliphatic heterocycles. The Morgan fingerprint density at radius 2 is 2.27 bits per heavy atom. The van der Waals surface area contributed by atoms with Crippen molar-refractivity contribution >= 4 is 0 Å². The molecule has 2 N–H and O–H groups in total. The van der Waals surface area contributed by atoms with Crippen LogP contribution in [0.1, 0.15) is 42.9 Å². The van der Waals surface area contributed by atoms with Crippen molar-refractivity contribution < 1.29 is 5.11 Å². The summed E-state index contributed by atoms with van der Waals surface area (Å²) in [5.74, 6) is 0.760. The highest BCUT2D eigenvalue weighted by atomic mass is 16.3. The predicted molar refractivity (Wildman–Crippen MR) is 61.9 cm³/mol. The quantitative estimate of drug-likeness (QED) is 0.772. The Hall–Kier alpha value is -0.860. The monoisotopic (exact) mass is 205 g/mol. The first-order valence-corrected chi connectivity index (χ1v) is 5.80. The number of aliphatic hydroxyl groups excluding tert-OH is 1. The maximum absolute atomic E-state index is 9.92. The maximum Gasteiger partial charge on any atom is 0.0914 e. The molecular formula is C13H19NO. The van der Waals surface area contributed by atoms with Crippen LogP contribution in [-0.4, -0.2) is 18.2 Å². The zero-order valence-electron chi connectivity index (χ0n) is 9.24. The van der Waals surface area contributed by atoms with Crippen LogP contribution in [0.3, 0.4) is 0 Å². The van der Waals surface area contributed by atoms with E-state index in [0.29, 0.717) is 6.54 Å². The van der Waals surface area contributed by atoms with Crippen molar-refractivity contribution in [3.63, 3.8) is 0 Å². The summed E-state index contributed by atoms with van der Waals surface area (Å²) in [6.07, 6.45) is 2.25. The molecule has 1 aliphatic carbocycles. The fourth-order valence-electron chi connectivity index (χ4n) is 1.84. The van der Waals surface area contributed by atoms with Gasteiger partial charge in [0.1, 0.15) is 0 Å². The molecule has 1 aromatic rings. The van der Waals surface area contributed by atoms with Crippen molar-refractivity contribution in [3.05, 3.63) is 35.4 Å². The molecule has 2 nitrogen and oxygen atoms in total. The van der Waals surface area contributed by atoms with E-state index in [1.165, 1.54) is 18.4 Å². The van der Waals surface area contributed by atoms with E-state index in [2.05, 4.69) is 23.5 Å². The Balaban J connectivity index is 2.02. The Morgan fingerprint density at radius 1 is 1.47 bits per heavy atom. The summed E-state index contributed by atoms with van der Waals surface area (Å²) < 4.78 is 0. The molecule has 1 unspecified atom stereocenters. The number of hydrogen-bond acceptors (Lipinski definition) is 2. The summed E-state index contributed by atoms with van der Waals surface area (Å²) in [6.45, 7) is 3.59. The number of aliphatic hydroxyl groups is 1. The van der Waals surface area contributed by atoms with E-state index >= 15 is 0 Å². The van der Waals surface area contributed by atoms with Gasteiger partial charge in [0.2, 0.25) is 0 Å². The van der Waals surface area contributed by atoms with Crippen LogP contribution in [0.25, 0.3) is 0 Å². The lowest BCUT2D eigenvalue weighted by Gasteiger charge is -2.12. The van der Waals surface area contributed by atoms with Crippen molar-refractivity contribution in [2.24, 2.45) is 0 Å². The zero-order valence-corrected chi connectivity index (χ0v) is 9.24. The molecule has 0 amide bonds. The number of hydrogen-bond donors (Lipinski definition) is 2. The number of likely N-dealkylation sites (N-methyl/N-ethyl adjacent to an activating group) is 1. The van der Waals surface area contributed by atoms with Crippen LogP contribution in [0.4, 0.5) is 0 Å². The van der Waals surface area contributed by atoms with Crippen molar-refractivity contribution in [3.8, 4) is 0 Å². The Kier molecular flexibility index (Phi) is 3.39. The van der Waals surface area contributed by atoms with Gasteiger partial charge in [-0.3, -0.25) is 0 Å². The Bertz CT molecular complexity index is 320. The third-order valence-corrected chi connectivity index (χ3v) is 2.93. The SMILES string of the molecule is CCNCC(O)c1cccc(C2CC2)c1. The minimum atomic E-state index is -0.372. The molecule has 0 aromatic heterocycles. The van der Waals surface area contributed by atoms with Crippen LogP contribution in [0.5, 0.6) is 0 Å². The van der Waals surface area contributed by atoms with Gasteiger partial charge in [0.25, 0.3) is 0 Å². The number of benzene rings is 1. The molecule has 0 radical (unpaired) electrons. The summed E-state index contributed by atoms with van der Waals surface area (Å²) in [7, 11) is 0. The van der Waals surface area contributed by atoms with Gasteiger partial charge in [-0.15, -0.1) is 0 Å². The standard InChI is InChI=1S/C13H19NO/c1-2-14-9-13(15)12-5-3-4-11(8-12)10-6-7-10/h3-5,8,10,13-15H,2,6-7,9H2,1H3. The largest absolute Gasteiger partial charge is 0.387 e. The van der Waals surface area contributed by atoms with E-state index < -0.39 is 0 Å². The molecule has 82 valence electrons. The van der Waals surface area contributed by atoms with Crippen LogP contribution < -0.4 is 5.32 Å². The molecule has 1 aliphatic rings. The van der Waals surface area contributed by atoms with Crippen molar-refractivity contribution in [1.29, 1.82) is 0 Å². The van der Waals surface area contributed by atoms with Gasteiger partial charge in [-0.25, -0.2) is 0 Å². The van der Waals surface area contributed by atoms with E-state index in [0.717, 1.165) is 18.0 Å². The molecule has 15 heavy (non-hydrogen) atoms. The molecule has 1 saturated carbocycles. The molecule has 1 aromatic carbocycles. The molecule has 0 bridgehead atoms. The fourth-order valence-corrected chi connectivity index (χ4v) is 1.84. The molecule has 1 atom stereocenters. The molecule has 1 fully saturated rings. The first-order valence-electron chi connectivity index (χ1n) is 5.80. The highest BCUT2D eigenvalue weighted by Gasteiger charge is 2.23. The molecule has 0 spiro atoms. The Labute approximate surface area is 91.3 Å². The van der Waals surface area contributed by atoms with Gasteiger partial charge >= 0.3 is 0 Å². The second-order valence-electron chi connectivity index (χ2n) is 4.27. The summed E-state index contributed by atoms with van der Waals surface area (Å²) in [4.78, 5) is 0. The minimum Gasteiger partial charge on any atom is -0.387 e. The summed E-state index contributed by atoms with van der Waals surface area (Å²) >= 11 is 0. The molecular weight excluding hydrogens is 186 g/mol. The molecule has 2 heteroatoms. The smallest absolute Gasteiger partial charge is 0.0914 e. The van der Waals surface area contributed by atoms with Crippen molar-refractivity contribution in [2.45, 2.75) is 31.8 Å². The highest BCUT2D eigenvalue weighted by Crippen LogP contribution is 2.40. The lowest BCUT2D eigenvalue weighted by Crippen LogP contribution is -2.20. The average molecular weight is 205 g/mol. The molecule has 0 heterocycles. The number of rotatable bonds is 5. The van der Waals surface area contributed by atoms with Crippen LogP contribution in [0, 0.1) is 0 Å². The van der Waals surface area contributed by atoms with E-state index in [4.69, 9.17) is 0 Å². The average Bonchev–Trinajstić information content (AvgIpc) is 3.10. The number of nitrogens with one attached hydrogen (secondary N) is 1. The van der Waals surface area contributed by atoms with Gasteiger partial charge < -0.3 is 10.4 Å². The first-order chi connectivity index (χ1) is 7.31. The molecule has 0 saturated heterocycles. The van der Waals surface area contributed by atoms with Crippen LogP contribution in [0.2, 0.25) is 0 Å². The Morgan fingerprint density at radius 3 is 2.93 bits per heavy atom. The van der Waals surface area contributed by atoms with Crippen molar-refractivity contribution in [2.75, 3.05) is 13.1 Å². The van der Waals surface area contributed by atoms with E-state index in [-0.39, 0.29) is 6.10 Å². The van der Waals surface area contributed by atoms with E-state index in [9.17, 15) is 5.11 Å². The normalized spacial score (nSPS) is 17.7. The van der Waals surface area contributed by atoms with Gasteiger partial charge in [0, 0.05) is 6.54 Å². The van der Waals surface area contributed by atoms with E-state index in [1.807, 2.05) is 13.0 Å². The third-order valence-electron chi connectivity index (χ3n) is 2.93. The van der Waals surface area contributed by atoms with E-state index in [1.54, 1.807) is 0 Å². The van der Waals surface area contributed by atoms with Crippen LogP contribution in [0.15, 0.2) is 24.3 Å². The second kappa shape index (κ2) is 4.77. The molecule has 2 rings (SSSR count). The topological polar surface area (TPSA) is 32.3 Å². The van der Waals surface area contributed by atoms with Gasteiger partial charge in [-0.05, 0) is 36.4 Å². The lowest BCUT2D eigenvalue weighted by atomic mass is 10.0. The zero-order chi connectivity index (χ0) is 10.7. The van der Waals surface area contributed by atoms with Gasteiger partial charge in [-0.1, -0.05) is 31.2 Å². The summed E-state index contributed by atoms with van der Waals surface area (Å²) in [5.41, 5.74) is 2.43. The minimum absolute atomic E-state index is 0.372. The first kappa shape index (κ1) is 10.7. The highest BCUT2D eigenvalue weighted by molar-refractivity contribution is 5.30. The van der Waals surface area contributed by atoms with Gasteiger partial charge in [-0.2, -0.15) is 0 Å². The van der Waals surface area contributed by atoms with Gasteiger partial charge in [0.15, 0.2) is 0 Å². The summed E-state index contributed by atoms with van der Waals surface area (Å²) in [6, 6.07) is 8.38. The lowest BCUT2D eigenvalue weighted by molar-refractivity contribution is 0.175.